The molecule has 4 fully saturated rings. The molecule has 5 atom stereocenters. The van der Waals surface area contributed by atoms with Crippen molar-refractivity contribution in [3.8, 4) is 0 Å². The fourth-order valence-corrected chi connectivity index (χ4v) is 8.14. The van der Waals surface area contributed by atoms with Crippen molar-refractivity contribution in [2.45, 2.75) is 165 Å². The summed E-state index contributed by atoms with van der Waals surface area (Å²) in [6, 6.07) is 0. The van der Waals surface area contributed by atoms with E-state index in [2.05, 4.69) is 6.92 Å². The molecular weight excluding hydrogens is 444 g/mol. The van der Waals surface area contributed by atoms with Gasteiger partial charge in [0.15, 0.2) is 6.29 Å². The highest BCUT2D eigenvalue weighted by atomic mass is 28.1. The van der Waals surface area contributed by atoms with E-state index >= 15 is 0 Å². The fourth-order valence-electron chi connectivity index (χ4n) is 6.98. The number of ether oxygens (including phenoxy) is 4. The molecule has 0 aromatic rings. The summed E-state index contributed by atoms with van der Waals surface area (Å²) in [5, 5.41) is 10.5. The van der Waals surface area contributed by atoms with E-state index in [4.69, 9.17) is 18.9 Å². The summed E-state index contributed by atoms with van der Waals surface area (Å²) in [6.07, 6.45) is 21.2. The molecule has 4 rings (SSSR count). The van der Waals surface area contributed by atoms with Crippen LogP contribution >= 0.6 is 0 Å². The maximum Gasteiger partial charge on any atom is 0.182 e. The average Bonchev–Trinajstić information content (AvgIpc) is 2.87. The lowest BCUT2D eigenvalue weighted by molar-refractivity contribution is -0.276. The molecule has 5 nitrogen and oxygen atoms in total. The maximum absolute atomic E-state index is 10.9. The molecule has 4 aliphatic rings. The molecule has 0 bridgehead atoms. The Morgan fingerprint density at radius 3 is 1.91 bits per heavy atom. The molecule has 0 aromatic heterocycles. The molecular formula is C28H52O5Si. The van der Waals surface area contributed by atoms with E-state index in [0.29, 0.717) is 24.7 Å². The van der Waals surface area contributed by atoms with E-state index in [1.165, 1.54) is 57.8 Å². The monoisotopic (exact) mass is 496 g/mol. The molecule has 0 amide bonds. The lowest BCUT2D eigenvalue weighted by Crippen LogP contribution is -2.59. The third-order valence-corrected chi connectivity index (χ3v) is 10.6. The molecule has 0 heterocycles. The summed E-state index contributed by atoms with van der Waals surface area (Å²) in [6.45, 7) is 2.73. The van der Waals surface area contributed by atoms with E-state index in [1.807, 2.05) is 0 Å². The summed E-state index contributed by atoms with van der Waals surface area (Å²) in [5.74, 6) is 0.318. The van der Waals surface area contributed by atoms with Crippen molar-refractivity contribution in [1.29, 1.82) is 0 Å². The predicted molar refractivity (Wildman–Crippen MR) is 139 cm³/mol. The Kier molecular flexibility index (Phi) is 10.8. The first-order valence-corrected chi connectivity index (χ1v) is 15.9. The Morgan fingerprint density at radius 2 is 1.32 bits per heavy atom. The second-order valence-electron chi connectivity index (χ2n) is 11.8. The molecule has 1 N–H and O–H groups in total. The minimum Gasteiger partial charge on any atom is -0.390 e. The van der Waals surface area contributed by atoms with Gasteiger partial charge in [-0.2, -0.15) is 0 Å². The van der Waals surface area contributed by atoms with Gasteiger partial charge >= 0.3 is 0 Å². The van der Waals surface area contributed by atoms with Crippen molar-refractivity contribution in [3.05, 3.63) is 0 Å². The summed E-state index contributed by atoms with van der Waals surface area (Å²) in [7, 11) is 0.858. The van der Waals surface area contributed by atoms with Crippen LogP contribution in [0.4, 0.5) is 0 Å². The van der Waals surface area contributed by atoms with Gasteiger partial charge in [-0.15, -0.1) is 0 Å². The van der Waals surface area contributed by atoms with Crippen LogP contribution in [0.2, 0.25) is 0 Å². The zero-order valence-corrected chi connectivity index (χ0v) is 24.1. The van der Waals surface area contributed by atoms with Gasteiger partial charge < -0.3 is 24.1 Å². The highest BCUT2D eigenvalue weighted by molar-refractivity contribution is 6.15. The van der Waals surface area contributed by atoms with Gasteiger partial charge in [0.25, 0.3) is 0 Å². The minimum atomic E-state index is -0.385. The normalized spacial score (nSPS) is 33.5. The van der Waals surface area contributed by atoms with Crippen LogP contribution in [0.5, 0.6) is 0 Å². The second-order valence-corrected chi connectivity index (χ2v) is 13.3. The standard InChI is InChI=1S/C28H52O5Si/c1-2-30-27(32-23-14-8-4-9-15-23)28(34,33-24-16-10-5-11-17-24)21-18-19-25(29)26(20-21)31-22-12-6-3-7-13-22/h21-27,29H,2-20H2,1,34H3. The molecule has 0 aliphatic heterocycles. The Bertz CT molecular complexity index is 573. The van der Waals surface area contributed by atoms with Gasteiger partial charge in [0.1, 0.15) is 5.22 Å². The van der Waals surface area contributed by atoms with E-state index in [9.17, 15) is 5.11 Å². The third kappa shape index (κ3) is 7.29. The van der Waals surface area contributed by atoms with Crippen LogP contribution in [0.15, 0.2) is 0 Å². The Hall–Kier alpha value is 0.0169. The molecule has 0 saturated heterocycles. The molecule has 4 saturated carbocycles. The number of aliphatic hydroxyl groups is 1. The van der Waals surface area contributed by atoms with Crippen molar-refractivity contribution in [1.82, 2.24) is 0 Å². The second kappa shape index (κ2) is 13.5. The molecule has 34 heavy (non-hydrogen) atoms. The Morgan fingerprint density at radius 1 is 0.765 bits per heavy atom. The molecule has 5 unspecified atom stereocenters. The van der Waals surface area contributed by atoms with Gasteiger partial charge in [-0.05, 0) is 70.6 Å². The van der Waals surface area contributed by atoms with Gasteiger partial charge in [-0.3, -0.25) is 0 Å². The van der Waals surface area contributed by atoms with Crippen molar-refractivity contribution in [2.75, 3.05) is 6.61 Å². The molecule has 0 aromatic carbocycles. The molecule has 198 valence electrons. The summed E-state index contributed by atoms with van der Waals surface area (Å²) >= 11 is 0. The predicted octanol–water partition coefficient (Wildman–Crippen LogP) is 4.99. The topological polar surface area (TPSA) is 57.2 Å². The first-order valence-electron chi connectivity index (χ1n) is 14.9. The maximum atomic E-state index is 10.9. The van der Waals surface area contributed by atoms with Gasteiger partial charge in [-0.25, -0.2) is 0 Å². The van der Waals surface area contributed by atoms with E-state index in [-0.39, 0.29) is 29.8 Å². The first kappa shape index (κ1) is 27.1. The van der Waals surface area contributed by atoms with Gasteiger partial charge in [0, 0.05) is 6.61 Å². The molecule has 0 spiro atoms. The van der Waals surface area contributed by atoms with Crippen LogP contribution in [0.25, 0.3) is 0 Å². The molecule has 0 radical (unpaired) electrons. The molecule has 4 aliphatic carbocycles. The van der Waals surface area contributed by atoms with Crippen LogP contribution in [0.3, 0.4) is 0 Å². The lowest BCUT2D eigenvalue weighted by atomic mass is 9.80. The minimum absolute atomic E-state index is 0.0814. The zero-order chi connectivity index (χ0) is 23.8. The van der Waals surface area contributed by atoms with Crippen molar-refractivity contribution >= 4 is 10.2 Å². The summed E-state index contributed by atoms with van der Waals surface area (Å²) in [5.41, 5.74) is 0. The summed E-state index contributed by atoms with van der Waals surface area (Å²) < 4.78 is 26.9. The van der Waals surface area contributed by atoms with Crippen LogP contribution in [-0.2, 0) is 18.9 Å². The van der Waals surface area contributed by atoms with Crippen molar-refractivity contribution in [3.63, 3.8) is 0 Å². The SMILES string of the molecule is CCOC(OC1CCCCC1)C([SiH3])(OC1CCCCC1)C1CCC(O)C(OC2CCCCC2)C1. The van der Waals surface area contributed by atoms with Gasteiger partial charge in [0.05, 0.1) is 40.8 Å². The number of hydrogen-bond acceptors (Lipinski definition) is 5. The van der Waals surface area contributed by atoms with Crippen LogP contribution in [0, 0.1) is 5.92 Å². The first-order chi connectivity index (χ1) is 16.6. The third-order valence-electron chi connectivity index (χ3n) is 9.11. The highest BCUT2D eigenvalue weighted by Crippen LogP contribution is 2.42. The number of hydrogen-bond donors (Lipinski definition) is 1. The fraction of sp³-hybridized carbons (Fsp3) is 1.00. The smallest absolute Gasteiger partial charge is 0.182 e. The number of aliphatic hydroxyl groups excluding tert-OH is 1. The van der Waals surface area contributed by atoms with Crippen LogP contribution in [-0.4, -0.2) is 64.0 Å². The average molecular weight is 497 g/mol. The van der Waals surface area contributed by atoms with Gasteiger partial charge in [-0.1, -0.05) is 57.8 Å². The van der Waals surface area contributed by atoms with Crippen molar-refractivity contribution in [2.24, 2.45) is 5.92 Å². The molecule has 6 heteroatoms. The van der Waals surface area contributed by atoms with Crippen LogP contribution in [0.1, 0.15) is 122 Å². The van der Waals surface area contributed by atoms with E-state index in [0.717, 1.165) is 68.0 Å². The quantitative estimate of drug-likeness (QED) is 0.341. The lowest BCUT2D eigenvalue weighted by Gasteiger charge is -2.49. The Labute approximate surface area is 211 Å². The number of rotatable bonds is 10. The van der Waals surface area contributed by atoms with E-state index in [1.54, 1.807) is 0 Å². The zero-order valence-electron chi connectivity index (χ0n) is 22.1. The highest BCUT2D eigenvalue weighted by Gasteiger charge is 2.49. The van der Waals surface area contributed by atoms with E-state index < -0.39 is 0 Å². The van der Waals surface area contributed by atoms with Crippen LogP contribution < -0.4 is 0 Å². The Balaban J connectivity index is 1.51. The summed E-state index contributed by atoms with van der Waals surface area (Å²) in [4.78, 5) is 0. The largest absolute Gasteiger partial charge is 0.390 e. The van der Waals surface area contributed by atoms with Gasteiger partial charge in [0.2, 0.25) is 0 Å². The van der Waals surface area contributed by atoms with Crippen molar-refractivity contribution < 1.29 is 24.1 Å².